The number of nitrogens with zero attached hydrogens (tertiary/aromatic N) is 3. The Morgan fingerprint density at radius 2 is 1.85 bits per heavy atom. The Labute approximate surface area is 241 Å². The van der Waals surface area contributed by atoms with Crippen molar-refractivity contribution in [1.82, 2.24) is 4.90 Å². The molecule has 3 aromatic carbocycles. The molecule has 0 aliphatic carbocycles. The number of ether oxygens (including phenoxy) is 1. The Bertz CT molecular complexity index is 1450. The smallest absolute Gasteiger partial charge is 0.252 e. The first kappa shape index (κ1) is 28.7. The number of amides is 1. The maximum Gasteiger partial charge on any atom is 0.252 e. The molecule has 2 unspecified atom stereocenters. The van der Waals surface area contributed by atoms with Crippen LogP contribution in [0.15, 0.2) is 120 Å². The van der Waals surface area contributed by atoms with Crippen LogP contribution in [0.5, 0.6) is 0 Å². The summed E-state index contributed by atoms with van der Waals surface area (Å²) in [5, 5.41) is 9.06. The summed E-state index contributed by atoms with van der Waals surface area (Å²) in [6, 6.07) is 26.9. The Hall–Kier alpha value is -4.34. The van der Waals surface area contributed by atoms with Crippen LogP contribution < -0.4 is 0 Å². The molecule has 3 aromatic rings. The summed E-state index contributed by atoms with van der Waals surface area (Å²) in [7, 11) is 0. The van der Waals surface area contributed by atoms with E-state index in [4.69, 9.17) is 15.0 Å². The molecule has 1 amide bonds. The van der Waals surface area contributed by atoms with E-state index in [-0.39, 0.29) is 5.91 Å². The lowest BCUT2D eigenvalue weighted by Gasteiger charge is -2.22. The van der Waals surface area contributed by atoms with Crippen molar-refractivity contribution < 1.29 is 9.53 Å². The van der Waals surface area contributed by atoms with Crippen LogP contribution in [0.3, 0.4) is 0 Å². The Morgan fingerprint density at radius 3 is 2.50 bits per heavy atom. The normalized spacial score (nSPS) is 17.9. The van der Waals surface area contributed by atoms with Crippen LogP contribution in [-0.2, 0) is 16.1 Å². The number of fused-ring (bicyclic) bond motifs is 3. The number of thioether (sulfide) groups is 1. The average molecular weight is 548 g/mol. The van der Waals surface area contributed by atoms with Gasteiger partial charge in [0.05, 0.1) is 11.6 Å². The van der Waals surface area contributed by atoms with Crippen molar-refractivity contribution in [1.29, 1.82) is 5.26 Å². The third-order valence-electron chi connectivity index (χ3n) is 6.51. The zero-order valence-corrected chi connectivity index (χ0v) is 23.7. The summed E-state index contributed by atoms with van der Waals surface area (Å²) in [6.07, 6.45) is 7.33. The summed E-state index contributed by atoms with van der Waals surface area (Å²) in [5.41, 5.74) is 4.73. The lowest BCUT2D eigenvalue weighted by molar-refractivity contribution is -0.133. The lowest BCUT2D eigenvalue weighted by atomic mass is 9.99. The molecule has 2 heterocycles. The summed E-state index contributed by atoms with van der Waals surface area (Å²) < 4.78 is 6.24. The number of hydrogen-bond donors (Lipinski definition) is 0. The number of hydrogen-bond acceptors (Lipinski definition) is 5. The minimum Gasteiger partial charge on any atom is -0.466 e. The highest BCUT2D eigenvalue weighted by atomic mass is 32.2. The fourth-order valence-electron chi connectivity index (χ4n) is 4.51. The van der Waals surface area contributed by atoms with E-state index in [1.165, 1.54) is 5.56 Å². The topological polar surface area (TPSA) is 65.7 Å². The van der Waals surface area contributed by atoms with E-state index in [1.54, 1.807) is 30.0 Å². The molecule has 5 nitrogen and oxygen atoms in total. The van der Waals surface area contributed by atoms with Gasteiger partial charge < -0.3 is 9.64 Å². The predicted octanol–water partition coefficient (Wildman–Crippen LogP) is 7.16. The SMILES string of the molecule is C=C/C=C(\C=C/C)SCCN1Cc2ccccc2C2OC(c3ccc(C#N)cc3)=NC2C1=O.Cc1ccccc1. The molecule has 40 heavy (non-hydrogen) atoms. The highest BCUT2D eigenvalue weighted by Crippen LogP contribution is 2.37. The number of allylic oxidation sites excluding steroid dienone is 4. The van der Waals surface area contributed by atoms with Crippen molar-refractivity contribution in [3.63, 3.8) is 0 Å². The molecule has 0 fully saturated rings. The maximum atomic E-state index is 13.5. The molecule has 0 bridgehead atoms. The molecule has 0 N–H and O–H groups in total. The fourth-order valence-corrected chi connectivity index (χ4v) is 5.49. The molecule has 202 valence electrons. The lowest BCUT2D eigenvalue weighted by Crippen LogP contribution is -2.38. The van der Waals surface area contributed by atoms with Crippen LogP contribution in [0, 0.1) is 18.3 Å². The van der Waals surface area contributed by atoms with Gasteiger partial charge in [-0.3, -0.25) is 4.79 Å². The summed E-state index contributed by atoms with van der Waals surface area (Å²) in [4.78, 5) is 21.2. The second-order valence-corrected chi connectivity index (χ2v) is 10.5. The monoisotopic (exact) mass is 547 g/mol. The predicted molar refractivity (Wildman–Crippen MR) is 164 cm³/mol. The van der Waals surface area contributed by atoms with Crippen molar-refractivity contribution >= 4 is 23.6 Å². The third-order valence-corrected chi connectivity index (χ3v) is 7.51. The number of aliphatic imine (C=N–C) groups is 1. The van der Waals surface area contributed by atoms with Crippen molar-refractivity contribution in [2.24, 2.45) is 4.99 Å². The minimum absolute atomic E-state index is 0.0271. The fraction of sp³-hybridized carbons (Fsp3) is 0.206. The second kappa shape index (κ2) is 14.2. The van der Waals surface area contributed by atoms with Gasteiger partial charge in [-0.15, -0.1) is 11.8 Å². The van der Waals surface area contributed by atoms with Gasteiger partial charge in [-0.25, -0.2) is 4.99 Å². The summed E-state index contributed by atoms with van der Waals surface area (Å²) in [5.74, 6) is 1.18. The zero-order chi connectivity index (χ0) is 28.3. The van der Waals surface area contributed by atoms with Crippen LogP contribution in [0.4, 0.5) is 0 Å². The van der Waals surface area contributed by atoms with Crippen molar-refractivity contribution in [3.05, 3.63) is 142 Å². The Balaban J connectivity index is 0.000000461. The van der Waals surface area contributed by atoms with Crippen LogP contribution >= 0.6 is 11.8 Å². The number of rotatable bonds is 7. The van der Waals surface area contributed by atoms with E-state index in [1.807, 2.05) is 78.6 Å². The first-order valence-corrected chi connectivity index (χ1v) is 14.2. The van der Waals surface area contributed by atoms with Crippen LogP contribution in [-0.4, -0.2) is 35.0 Å². The molecule has 0 spiro atoms. The van der Waals surface area contributed by atoms with Gasteiger partial charge >= 0.3 is 0 Å². The average Bonchev–Trinajstić information content (AvgIpc) is 3.39. The van der Waals surface area contributed by atoms with Crippen LogP contribution in [0.2, 0.25) is 0 Å². The third kappa shape index (κ3) is 7.19. The molecule has 0 saturated heterocycles. The van der Waals surface area contributed by atoms with Gasteiger partial charge in [0, 0.05) is 34.9 Å². The van der Waals surface area contributed by atoms with Gasteiger partial charge in [0.1, 0.15) is 0 Å². The van der Waals surface area contributed by atoms with Gasteiger partial charge in [0.2, 0.25) is 5.90 Å². The standard InChI is InChI=1S/C27H25N3O2S.C7H8/c1-3-7-22(8-4-2)33-16-15-30-18-21-9-5-6-10-23(21)25-24(27(30)31)29-26(32-25)20-13-11-19(17-28)12-14-20;1-7-5-3-2-4-6-7/h3-14,24-25H,1,15-16,18H2,2H3;2-6H,1H3/b8-4-,22-7+;. The largest absolute Gasteiger partial charge is 0.466 e. The van der Waals surface area contributed by atoms with E-state index < -0.39 is 12.1 Å². The van der Waals surface area contributed by atoms with Crippen LogP contribution in [0.25, 0.3) is 0 Å². The summed E-state index contributed by atoms with van der Waals surface area (Å²) >= 11 is 1.70. The zero-order valence-electron chi connectivity index (χ0n) is 22.9. The Morgan fingerprint density at radius 1 is 1.12 bits per heavy atom. The molecular weight excluding hydrogens is 514 g/mol. The molecule has 0 saturated carbocycles. The minimum atomic E-state index is -0.622. The van der Waals surface area contributed by atoms with E-state index >= 15 is 0 Å². The number of benzene rings is 3. The molecule has 5 rings (SSSR count). The highest BCUT2D eigenvalue weighted by molar-refractivity contribution is 8.03. The molecule has 2 aliphatic rings. The van der Waals surface area contributed by atoms with E-state index in [9.17, 15) is 4.79 Å². The molecular formula is C34H33N3O2S. The first-order chi connectivity index (χ1) is 19.5. The number of carbonyl (C=O) groups is 1. The van der Waals surface area contributed by atoms with Crippen molar-refractivity contribution in [3.8, 4) is 6.07 Å². The molecule has 0 aromatic heterocycles. The Kier molecular flexibility index (Phi) is 10.1. The maximum absolute atomic E-state index is 13.5. The van der Waals surface area contributed by atoms with Gasteiger partial charge in [-0.2, -0.15) is 5.26 Å². The van der Waals surface area contributed by atoms with E-state index in [2.05, 4.69) is 37.8 Å². The second-order valence-electron chi connectivity index (χ2n) is 9.37. The van der Waals surface area contributed by atoms with Gasteiger partial charge in [-0.1, -0.05) is 85.0 Å². The molecule has 2 aliphatic heterocycles. The van der Waals surface area contributed by atoms with E-state index in [0.717, 1.165) is 27.3 Å². The molecule has 2 atom stereocenters. The molecule has 0 radical (unpaired) electrons. The quantitative estimate of drug-likeness (QED) is 0.294. The number of nitriles is 1. The van der Waals surface area contributed by atoms with E-state index in [0.29, 0.717) is 24.6 Å². The number of carbonyl (C=O) groups excluding carboxylic acids is 1. The first-order valence-electron chi connectivity index (χ1n) is 13.3. The van der Waals surface area contributed by atoms with Gasteiger partial charge in [-0.05, 0) is 49.8 Å². The highest BCUT2D eigenvalue weighted by Gasteiger charge is 2.43. The van der Waals surface area contributed by atoms with Gasteiger partial charge in [0.25, 0.3) is 5.91 Å². The number of aryl methyl sites for hydroxylation is 1. The van der Waals surface area contributed by atoms with Gasteiger partial charge in [0.15, 0.2) is 12.1 Å². The molecule has 6 heteroatoms. The van der Waals surface area contributed by atoms with Crippen LogP contribution in [0.1, 0.15) is 40.8 Å². The van der Waals surface area contributed by atoms with Crippen molar-refractivity contribution in [2.75, 3.05) is 12.3 Å². The van der Waals surface area contributed by atoms with Crippen molar-refractivity contribution in [2.45, 2.75) is 32.5 Å². The summed E-state index contributed by atoms with van der Waals surface area (Å²) in [6.45, 7) is 8.99.